The zero-order valence-electron chi connectivity index (χ0n) is 14.3. The Kier molecular flexibility index (Phi) is 5.39. The SMILES string of the molecule is CCOC(=O)c1ccc(NC(=O)C=Cc2cccc3cccnc23)cc1. The molecule has 0 aliphatic heterocycles. The number of carbonyl (C=O) groups excluding carboxylic acids is 2. The predicted octanol–water partition coefficient (Wildman–Crippen LogP) is 4.06. The van der Waals surface area contributed by atoms with Crippen molar-refractivity contribution < 1.29 is 14.3 Å². The summed E-state index contributed by atoms with van der Waals surface area (Å²) in [6.45, 7) is 2.08. The van der Waals surface area contributed by atoms with E-state index in [-0.39, 0.29) is 11.9 Å². The Morgan fingerprint density at radius 3 is 2.62 bits per heavy atom. The van der Waals surface area contributed by atoms with Gasteiger partial charge in [0.1, 0.15) is 0 Å². The van der Waals surface area contributed by atoms with E-state index in [0.29, 0.717) is 17.9 Å². The summed E-state index contributed by atoms with van der Waals surface area (Å²) in [5, 5.41) is 3.78. The van der Waals surface area contributed by atoms with Gasteiger partial charge >= 0.3 is 5.97 Å². The Morgan fingerprint density at radius 1 is 1.08 bits per heavy atom. The third-order valence-electron chi connectivity index (χ3n) is 3.74. The van der Waals surface area contributed by atoms with Crippen molar-refractivity contribution in [1.29, 1.82) is 0 Å². The monoisotopic (exact) mass is 346 g/mol. The molecule has 1 heterocycles. The molecule has 0 fully saturated rings. The van der Waals surface area contributed by atoms with E-state index >= 15 is 0 Å². The number of amides is 1. The number of rotatable bonds is 5. The van der Waals surface area contributed by atoms with E-state index in [1.807, 2.05) is 30.3 Å². The molecule has 0 saturated heterocycles. The van der Waals surface area contributed by atoms with E-state index in [0.717, 1.165) is 16.5 Å². The molecule has 3 aromatic rings. The van der Waals surface area contributed by atoms with Crippen LogP contribution < -0.4 is 5.32 Å². The average Bonchev–Trinajstić information content (AvgIpc) is 2.67. The summed E-state index contributed by atoms with van der Waals surface area (Å²) in [5.41, 5.74) is 2.76. The number of ether oxygens (including phenoxy) is 1. The van der Waals surface area contributed by atoms with Gasteiger partial charge in [0.15, 0.2) is 0 Å². The summed E-state index contributed by atoms with van der Waals surface area (Å²) in [7, 11) is 0. The molecule has 3 rings (SSSR count). The summed E-state index contributed by atoms with van der Waals surface area (Å²) in [6.07, 6.45) is 4.92. The molecule has 1 N–H and O–H groups in total. The molecule has 0 spiro atoms. The van der Waals surface area contributed by atoms with Crippen molar-refractivity contribution in [3.05, 3.63) is 78.0 Å². The lowest BCUT2D eigenvalue weighted by Gasteiger charge is -2.05. The number of aromatic nitrogens is 1. The number of hydrogen-bond donors (Lipinski definition) is 1. The maximum absolute atomic E-state index is 12.1. The molecule has 5 heteroatoms. The number of esters is 1. The van der Waals surface area contributed by atoms with Crippen LogP contribution in [0.3, 0.4) is 0 Å². The highest BCUT2D eigenvalue weighted by Crippen LogP contribution is 2.17. The minimum atomic E-state index is -0.381. The molecule has 0 unspecified atom stereocenters. The third-order valence-corrected chi connectivity index (χ3v) is 3.74. The van der Waals surface area contributed by atoms with Gasteiger partial charge in [-0.1, -0.05) is 24.3 Å². The predicted molar refractivity (Wildman–Crippen MR) is 102 cm³/mol. The van der Waals surface area contributed by atoms with Crippen LogP contribution in [-0.4, -0.2) is 23.5 Å². The second kappa shape index (κ2) is 8.07. The Bertz CT molecular complexity index is 957. The van der Waals surface area contributed by atoms with Gasteiger partial charge in [-0.2, -0.15) is 0 Å². The van der Waals surface area contributed by atoms with Crippen molar-refractivity contribution in [1.82, 2.24) is 4.98 Å². The van der Waals surface area contributed by atoms with E-state index in [9.17, 15) is 9.59 Å². The maximum atomic E-state index is 12.1. The summed E-state index contributed by atoms with van der Waals surface area (Å²) >= 11 is 0. The lowest BCUT2D eigenvalue weighted by atomic mass is 10.1. The van der Waals surface area contributed by atoms with Crippen molar-refractivity contribution in [2.24, 2.45) is 0 Å². The first kappa shape index (κ1) is 17.4. The molecule has 5 nitrogen and oxygen atoms in total. The molecular weight excluding hydrogens is 328 g/mol. The van der Waals surface area contributed by atoms with Crippen LogP contribution in [0.25, 0.3) is 17.0 Å². The molecule has 26 heavy (non-hydrogen) atoms. The van der Waals surface area contributed by atoms with Crippen LogP contribution in [-0.2, 0) is 9.53 Å². The fourth-order valence-corrected chi connectivity index (χ4v) is 2.52. The van der Waals surface area contributed by atoms with Gasteiger partial charge in [0.25, 0.3) is 0 Å². The van der Waals surface area contributed by atoms with Gasteiger partial charge < -0.3 is 10.1 Å². The molecule has 0 radical (unpaired) electrons. The number of benzene rings is 2. The number of hydrogen-bond acceptors (Lipinski definition) is 4. The maximum Gasteiger partial charge on any atom is 0.338 e. The molecule has 0 saturated carbocycles. The fraction of sp³-hybridized carbons (Fsp3) is 0.0952. The first-order valence-electron chi connectivity index (χ1n) is 8.27. The summed E-state index contributed by atoms with van der Waals surface area (Å²) in [5.74, 6) is -0.643. The summed E-state index contributed by atoms with van der Waals surface area (Å²) < 4.78 is 4.93. The van der Waals surface area contributed by atoms with Crippen molar-refractivity contribution in [2.75, 3.05) is 11.9 Å². The summed E-state index contributed by atoms with van der Waals surface area (Å²) in [6, 6.07) is 16.2. The van der Waals surface area contributed by atoms with E-state index in [1.165, 1.54) is 6.08 Å². The van der Waals surface area contributed by atoms with Crippen LogP contribution in [0.5, 0.6) is 0 Å². The van der Waals surface area contributed by atoms with Crippen LogP contribution in [0.1, 0.15) is 22.8 Å². The van der Waals surface area contributed by atoms with Crippen LogP contribution in [0.15, 0.2) is 66.9 Å². The van der Waals surface area contributed by atoms with Gasteiger partial charge in [-0.15, -0.1) is 0 Å². The van der Waals surface area contributed by atoms with Gasteiger partial charge in [0.05, 0.1) is 17.7 Å². The Hall–Kier alpha value is -3.47. The zero-order chi connectivity index (χ0) is 18.4. The lowest BCUT2D eigenvalue weighted by molar-refractivity contribution is -0.111. The molecule has 0 aliphatic rings. The van der Waals surface area contributed by atoms with E-state index < -0.39 is 0 Å². The smallest absolute Gasteiger partial charge is 0.338 e. The van der Waals surface area contributed by atoms with Gasteiger partial charge in [-0.3, -0.25) is 9.78 Å². The minimum Gasteiger partial charge on any atom is -0.462 e. The molecular formula is C21H18N2O3. The van der Waals surface area contributed by atoms with Crippen molar-refractivity contribution in [2.45, 2.75) is 6.92 Å². The van der Waals surface area contributed by atoms with Crippen molar-refractivity contribution in [3.63, 3.8) is 0 Å². The van der Waals surface area contributed by atoms with E-state index in [4.69, 9.17) is 4.74 Å². The number of para-hydroxylation sites is 1. The second-order valence-electron chi connectivity index (χ2n) is 5.54. The minimum absolute atomic E-state index is 0.262. The van der Waals surface area contributed by atoms with Gasteiger partial charge in [-0.05, 0) is 43.3 Å². The fourth-order valence-electron chi connectivity index (χ4n) is 2.52. The zero-order valence-corrected chi connectivity index (χ0v) is 14.3. The van der Waals surface area contributed by atoms with E-state index in [2.05, 4.69) is 10.3 Å². The quantitative estimate of drug-likeness (QED) is 0.559. The van der Waals surface area contributed by atoms with Crippen LogP contribution in [0.2, 0.25) is 0 Å². The number of anilines is 1. The molecule has 0 atom stereocenters. The Balaban J connectivity index is 1.68. The first-order chi connectivity index (χ1) is 12.7. The first-order valence-corrected chi connectivity index (χ1v) is 8.27. The van der Waals surface area contributed by atoms with Gasteiger partial charge in [0, 0.05) is 28.9 Å². The standard InChI is InChI=1S/C21H18N2O3/c1-2-26-21(25)17-8-11-18(12-9-17)23-19(24)13-10-16-6-3-5-15-7-4-14-22-20(15)16/h3-14H,2H2,1H3,(H,23,24). The molecule has 2 aromatic carbocycles. The number of carbonyl (C=O) groups is 2. The van der Waals surface area contributed by atoms with Gasteiger partial charge in [0.2, 0.25) is 5.91 Å². The van der Waals surface area contributed by atoms with Crippen LogP contribution >= 0.6 is 0 Å². The number of nitrogens with zero attached hydrogens (tertiary/aromatic N) is 1. The molecule has 130 valence electrons. The molecule has 0 bridgehead atoms. The average molecular weight is 346 g/mol. The van der Waals surface area contributed by atoms with Gasteiger partial charge in [-0.25, -0.2) is 4.79 Å². The Labute approximate surface area is 151 Å². The molecule has 1 aromatic heterocycles. The summed E-state index contributed by atoms with van der Waals surface area (Å²) in [4.78, 5) is 28.1. The Morgan fingerprint density at radius 2 is 1.85 bits per heavy atom. The highest BCUT2D eigenvalue weighted by atomic mass is 16.5. The molecule has 0 aliphatic carbocycles. The molecule has 1 amide bonds. The number of nitrogens with one attached hydrogen (secondary N) is 1. The lowest BCUT2D eigenvalue weighted by Crippen LogP contribution is -2.08. The normalized spacial score (nSPS) is 10.8. The highest BCUT2D eigenvalue weighted by Gasteiger charge is 2.06. The van der Waals surface area contributed by atoms with Crippen LogP contribution in [0.4, 0.5) is 5.69 Å². The topological polar surface area (TPSA) is 68.3 Å². The highest BCUT2D eigenvalue weighted by molar-refractivity contribution is 6.03. The largest absolute Gasteiger partial charge is 0.462 e. The number of pyridine rings is 1. The van der Waals surface area contributed by atoms with Crippen molar-refractivity contribution in [3.8, 4) is 0 Å². The number of fused-ring (bicyclic) bond motifs is 1. The van der Waals surface area contributed by atoms with E-state index in [1.54, 1.807) is 43.5 Å². The van der Waals surface area contributed by atoms with Crippen LogP contribution in [0, 0.1) is 0 Å². The second-order valence-corrected chi connectivity index (χ2v) is 5.54. The van der Waals surface area contributed by atoms with Crippen molar-refractivity contribution >= 4 is 34.5 Å². The third kappa shape index (κ3) is 4.13.